The molecule has 1 unspecified atom stereocenters. The normalized spacial score (nSPS) is 23.3. The van der Waals surface area contributed by atoms with E-state index >= 15 is 0 Å². The highest BCUT2D eigenvalue weighted by Gasteiger charge is 2.39. The minimum absolute atomic E-state index is 0.260. The van der Waals surface area contributed by atoms with Crippen molar-refractivity contribution in [3.05, 3.63) is 18.0 Å². The summed E-state index contributed by atoms with van der Waals surface area (Å²) in [5.41, 5.74) is 0.522. The van der Waals surface area contributed by atoms with Crippen molar-refractivity contribution in [2.45, 2.75) is 37.5 Å². The lowest BCUT2D eigenvalue weighted by atomic mass is 10.1. The predicted molar refractivity (Wildman–Crippen MR) is 65.6 cm³/mol. The molecule has 18 heavy (non-hydrogen) atoms. The van der Waals surface area contributed by atoms with E-state index in [1.165, 1.54) is 6.26 Å². The highest BCUT2D eigenvalue weighted by Crippen LogP contribution is 2.28. The Morgan fingerprint density at radius 2 is 2.33 bits per heavy atom. The first-order valence-electron chi connectivity index (χ1n) is 5.90. The molecule has 0 saturated carbocycles. The average molecular weight is 274 g/mol. The van der Waals surface area contributed by atoms with Gasteiger partial charge in [-0.1, -0.05) is 5.16 Å². The highest BCUT2D eigenvalue weighted by atomic mass is 32.2. The van der Waals surface area contributed by atoms with Crippen LogP contribution in [0.2, 0.25) is 0 Å². The molecule has 0 bridgehead atoms. The second kappa shape index (κ2) is 4.99. The van der Waals surface area contributed by atoms with Crippen molar-refractivity contribution >= 4 is 10.0 Å². The zero-order valence-electron chi connectivity index (χ0n) is 10.5. The van der Waals surface area contributed by atoms with Gasteiger partial charge in [-0.15, -0.1) is 0 Å². The molecule has 1 atom stereocenters. The van der Waals surface area contributed by atoms with Crippen LogP contribution in [0.4, 0.5) is 0 Å². The molecule has 0 spiro atoms. The van der Waals surface area contributed by atoms with Crippen molar-refractivity contribution < 1.29 is 17.7 Å². The summed E-state index contributed by atoms with van der Waals surface area (Å²) >= 11 is 0. The fourth-order valence-corrected chi connectivity index (χ4v) is 3.48. The highest BCUT2D eigenvalue weighted by molar-refractivity contribution is 7.90. The molecule has 2 rings (SSSR count). The molecule has 1 saturated heterocycles. The smallest absolute Gasteiger partial charge is 0.216 e. The van der Waals surface area contributed by atoms with Crippen molar-refractivity contribution in [3.63, 3.8) is 0 Å². The maximum Gasteiger partial charge on any atom is 0.216 e. The molecule has 6 nitrogen and oxygen atoms in total. The molecule has 7 heteroatoms. The van der Waals surface area contributed by atoms with Gasteiger partial charge in [0.1, 0.15) is 11.5 Å². The zero-order chi connectivity index (χ0) is 13.2. The standard InChI is InChI=1S/C11H18N2O4S/c1-11(2)5-10(8-16-11)18(14,15)13-4-3-9-6-12-17-7-9/h6-7,10,13H,3-5,8H2,1-2H3. The quantitative estimate of drug-likeness (QED) is 0.855. The lowest BCUT2D eigenvalue weighted by Gasteiger charge is -2.16. The van der Waals surface area contributed by atoms with E-state index in [2.05, 4.69) is 14.4 Å². The molecular weight excluding hydrogens is 256 g/mol. The Hall–Kier alpha value is -0.920. The van der Waals surface area contributed by atoms with Crippen LogP contribution in [0.3, 0.4) is 0 Å². The third-order valence-electron chi connectivity index (χ3n) is 3.02. The lowest BCUT2D eigenvalue weighted by Crippen LogP contribution is -2.36. The van der Waals surface area contributed by atoms with Gasteiger partial charge >= 0.3 is 0 Å². The Balaban J connectivity index is 1.85. The van der Waals surface area contributed by atoms with Crippen LogP contribution in [-0.2, 0) is 21.2 Å². The second-order valence-corrected chi connectivity index (χ2v) is 7.16. The SMILES string of the molecule is CC1(C)CC(S(=O)(=O)NCCc2cnoc2)CO1. The summed E-state index contributed by atoms with van der Waals surface area (Å²) in [7, 11) is -3.31. The monoisotopic (exact) mass is 274 g/mol. The first-order chi connectivity index (χ1) is 8.39. The molecule has 0 amide bonds. The van der Waals surface area contributed by atoms with Gasteiger partial charge in [-0.2, -0.15) is 0 Å². The summed E-state index contributed by atoms with van der Waals surface area (Å²) in [4.78, 5) is 0. The number of nitrogens with zero attached hydrogens (tertiary/aromatic N) is 1. The van der Waals surface area contributed by atoms with Crippen LogP contribution in [-0.4, -0.2) is 37.6 Å². The molecule has 1 aromatic rings. The molecule has 1 aliphatic rings. The van der Waals surface area contributed by atoms with Crippen LogP contribution in [0, 0.1) is 0 Å². The molecular formula is C11H18N2O4S. The van der Waals surface area contributed by atoms with Crippen molar-refractivity contribution in [1.82, 2.24) is 9.88 Å². The number of rotatable bonds is 5. The fraction of sp³-hybridized carbons (Fsp3) is 0.727. The van der Waals surface area contributed by atoms with E-state index in [-0.39, 0.29) is 12.2 Å². The van der Waals surface area contributed by atoms with E-state index < -0.39 is 15.3 Å². The first-order valence-corrected chi connectivity index (χ1v) is 7.44. The Kier molecular flexibility index (Phi) is 3.74. The maximum atomic E-state index is 12.0. The van der Waals surface area contributed by atoms with Crippen LogP contribution in [0.5, 0.6) is 0 Å². The minimum atomic E-state index is -3.31. The summed E-state index contributed by atoms with van der Waals surface area (Å²) in [6.07, 6.45) is 4.18. The van der Waals surface area contributed by atoms with Crippen molar-refractivity contribution in [2.24, 2.45) is 0 Å². The summed E-state index contributed by atoms with van der Waals surface area (Å²) in [5, 5.41) is 3.10. The largest absolute Gasteiger partial charge is 0.374 e. The summed E-state index contributed by atoms with van der Waals surface area (Å²) in [6.45, 7) is 4.41. The third-order valence-corrected chi connectivity index (χ3v) is 4.81. The Labute approximate surface area is 107 Å². The van der Waals surface area contributed by atoms with Crippen LogP contribution in [0.25, 0.3) is 0 Å². The Morgan fingerprint density at radius 3 is 2.89 bits per heavy atom. The van der Waals surface area contributed by atoms with Gasteiger partial charge in [0.15, 0.2) is 0 Å². The lowest BCUT2D eigenvalue weighted by molar-refractivity contribution is 0.0368. The van der Waals surface area contributed by atoms with Gasteiger partial charge in [0.2, 0.25) is 10.0 Å². The van der Waals surface area contributed by atoms with Gasteiger partial charge in [0.05, 0.1) is 18.4 Å². The van der Waals surface area contributed by atoms with E-state index in [1.54, 1.807) is 6.20 Å². The van der Waals surface area contributed by atoms with Gasteiger partial charge in [0, 0.05) is 12.1 Å². The Bertz CT molecular complexity index is 481. The number of hydrogen-bond acceptors (Lipinski definition) is 5. The zero-order valence-corrected chi connectivity index (χ0v) is 11.4. The maximum absolute atomic E-state index is 12.0. The number of nitrogens with one attached hydrogen (secondary N) is 1. The van der Waals surface area contributed by atoms with Gasteiger partial charge in [0.25, 0.3) is 0 Å². The van der Waals surface area contributed by atoms with Gasteiger partial charge in [-0.25, -0.2) is 13.1 Å². The number of aromatic nitrogens is 1. The molecule has 1 fully saturated rings. The van der Waals surface area contributed by atoms with E-state index in [1.807, 2.05) is 13.8 Å². The molecule has 102 valence electrons. The molecule has 2 heterocycles. The minimum Gasteiger partial charge on any atom is -0.374 e. The van der Waals surface area contributed by atoms with Crippen molar-refractivity contribution in [3.8, 4) is 0 Å². The summed E-state index contributed by atoms with van der Waals surface area (Å²) in [5.74, 6) is 0. The average Bonchev–Trinajstić information content (AvgIpc) is 2.87. The predicted octanol–water partition coefficient (Wildman–Crippen LogP) is 0.704. The van der Waals surface area contributed by atoms with Crippen LogP contribution >= 0.6 is 0 Å². The second-order valence-electron chi connectivity index (χ2n) is 5.12. The number of ether oxygens (including phenoxy) is 1. The van der Waals surface area contributed by atoms with Crippen molar-refractivity contribution in [2.75, 3.05) is 13.2 Å². The van der Waals surface area contributed by atoms with Gasteiger partial charge < -0.3 is 9.26 Å². The van der Waals surface area contributed by atoms with Crippen LogP contribution in [0.15, 0.2) is 17.0 Å². The Morgan fingerprint density at radius 1 is 1.56 bits per heavy atom. The molecule has 1 aromatic heterocycles. The van der Waals surface area contributed by atoms with Gasteiger partial charge in [-0.3, -0.25) is 0 Å². The molecule has 0 aliphatic carbocycles. The first kappa shape index (κ1) is 13.5. The number of sulfonamides is 1. The third kappa shape index (κ3) is 3.30. The van der Waals surface area contributed by atoms with Gasteiger partial charge in [-0.05, 0) is 26.7 Å². The van der Waals surface area contributed by atoms with E-state index in [0.29, 0.717) is 19.4 Å². The number of hydrogen-bond donors (Lipinski definition) is 1. The van der Waals surface area contributed by atoms with E-state index in [0.717, 1.165) is 5.56 Å². The summed E-state index contributed by atoms with van der Waals surface area (Å²) < 4.78 is 36.8. The van der Waals surface area contributed by atoms with Crippen molar-refractivity contribution in [1.29, 1.82) is 0 Å². The molecule has 1 N–H and O–H groups in total. The van der Waals surface area contributed by atoms with Crippen LogP contribution < -0.4 is 4.72 Å². The molecule has 0 aromatic carbocycles. The van der Waals surface area contributed by atoms with Crippen LogP contribution in [0.1, 0.15) is 25.8 Å². The fourth-order valence-electron chi connectivity index (χ4n) is 1.99. The topological polar surface area (TPSA) is 81.4 Å². The van der Waals surface area contributed by atoms with E-state index in [4.69, 9.17) is 4.74 Å². The molecule has 1 aliphatic heterocycles. The van der Waals surface area contributed by atoms with E-state index in [9.17, 15) is 8.42 Å². The molecule has 0 radical (unpaired) electrons. The summed E-state index contributed by atoms with van der Waals surface area (Å²) in [6, 6.07) is 0.